The van der Waals surface area contributed by atoms with Gasteiger partial charge in [-0.2, -0.15) is 11.8 Å². The van der Waals surface area contributed by atoms with Gasteiger partial charge < -0.3 is 5.73 Å². The molecule has 0 aromatic rings. The molecule has 2 heteroatoms. The fourth-order valence-electron chi connectivity index (χ4n) is 3.08. The first-order valence-corrected chi connectivity index (χ1v) is 7.31. The first-order valence-electron chi connectivity index (χ1n) is 6.16. The first-order chi connectivity index (χ1) is 6.83. The van der Waals surface area contributed by atoms with E-state index in [1.165, 1.54) is 43.6 Å². The Morgan fingerprint density at radius 1 is 1.29 bits per heavy atom. The van der Waals surface area contributed by atoms with E-state index in [0.717, 1.165) is 17.8 Å². The van der Waals surface area contributed by atoms with Crippen LogP contribution < -0.4 is 5.73 Å². The van der Waals surface area contributed by atoms with Gasteiger partial charge in [-0.3, -0.25) is 0 Å². The maximum absolute atomic E-state index is 6.41. The van der Waals surface area contributed by atoms with Gasteiger partial charge in [-0.05, 0) is 35.7 Å². The monoisotopic (exact) mass is 213 g/mol. The van der Waals surface area contributed by atoms with Crippen LogP contribution in [0.4, 0.5) is 0 Å². The molecule has 1 aliphatic carbocycles. The first kappa shape index (κ1) is 10.8. The Hall–Kier alpha value is 0.310. The summed E-state index contributed by atoms with van der Waals surface area (Å²) in [5.41, 5.74) is 6.41. The lowest BCUT2D eigenvalue weighted by Crippen LogP contribution is -2.47. The van der Waals surface area contributed by atoms with E-state index in [2.05, 4.69) is 18.7 Å². The van der Waals surface area contributed by atoms with E-state index in [4.69, 9.17) is 5.73 Å². The molecule has 1 heterocycles. The van der Waals surface area contributed by atoms with Crippen LogP contribution in [0.25, 0.3) is 0 Å². The topological polar surface area (TPSA) is 26.0 Å². The molecule has 1 saturated carbocycles. The predicted octanol–water partition coefficient (Wildman–Crippen LogP) is 2.89. The van der Waals surface area contributed by atoms with Crippen molar-refractivity contribution in [1.29, 1.82) is 0 Å². The average molecular weight is 213 g/mol. The van der Waals surface area contributed by atoms with Gasteiger partial charge in [0.15, 0.2) is 0 Å². The zero-order valence-electron chi connectivity index (χ0n) is 9.24. The Balaban J connectivity index is 1.91. The van der Waals surface area contributed by atoms with Gasteiger partial charge in [0, 0.05) is 6.04 Å². The number of thioether (sulfide) groups is 1. The van der Waals surface area contributed by atoms with Crippen molar-refractivity contribution in [2.24, 2.45) is 23.5 Å². The standard InChI is InChI=1S/C12H23NS/c1-2-9-5-3-4-6-11(9)12(13)10-7-14-8-10/h9-12H,2-8,13H2,1H3. The summed E-state index contributed by atoms with van der Waals surface area (Å²) < 4.78 is 0. The molecule has 1 aliphatic heterocycles. The average Bonchev–Trinajstić information content (AvgIpc) is 2.15. The van der Waals surface area contributed by atoms with Gasteiger partial charge in [-0.1, -0.05) is 32.6 Å². The Bertz CT molecular complexity index is 179. The second-order valence-corrected chi connectivity index (χ2v) is 6.07. The zero-order chi connectivity index (χ0) is 9.97. The summed E-state index contributed by atoms with van der Waals surface area (Å²) in [6, 6.07) is 0.515. The van der Waals surface area contributed by atoms with Gasteiger partial charge in [0.1, 0.15) is 0 Å². The summed E-state index contributed by atoms with van der Waals surface area (Å²) in [5, 5.41) is 0. The fourth-order valence-corrected chi connectivity index (χ4v) is 4.03. The Morgan fingerprint density at radius 3 is 2.57 bits per heavy atom. The van der Waals surface area contributed by atoms with Crippen LogP contribution >= 0.6 is 11.8 Å². The molecule has 0 radical (unpaired) electrons. The third kappa shape index (κ3) is 2.11. The van der Waals surface area contributed by atoms with Gasteiger partial charge in [-0.15, -0.1) is 0 Å². The summed E-state index contributed by atoms with van der Waals surface area (Å²) in [5.74, 6) is 5.28. The lowest BCUT2D eigenvalue weighted by atomic mass is 9.71. The maximum Gasteiger partial charge on any atom is 0.0114 e. The SMILES string of the molecule is CCC1CCCCC1C(N)C1CSC1. The van der Waals surface area contributed by atoms with Gasteiger partial charge in [0.25, 0.3) is 0 Å². The summed E-state index contributed by atoms with van der Waals surface area (Å²) in [6.45, 7) is 2.34. The molecule has 0 aromatic carbocycles. The van der Waals surface area contributed by atoms with Crippen molar-refractivity contribution in [3.8, 4) is 0 Å². The van der Waals surface area contributed by atoms with Crippen molar-refractivity contribution in [3.63, 3.8) is 0 Å². The van der Waals surface area contributed by atoms with Crippen molar-refractivity contribution in [1.82, 2.24) is 0 Å². The van der Waals surface area contributed by atoms with Crippen molar-refractivity contribution >= 4 is 11.8 Å². The maximum atomic E-state index is 6.41. The molecule has 3 unspecified atom stereocenters. The Labute approximate surface area is 92.2 Å². The molecule has 2 aliphatic rings. The molecule has 2 N–H and O–H groups in total. The van der Waals surface area contributed by atoms with Crippen LogP contribution in [0.15, 0.2) is 0 Å². The minimum absolute atomic E-state index is 0.515. The normalized spacial score (nSPS) is 36.4. The summed E-state index contributed by atoms with van der Waals surface area (Å²) in [7, 11) is 0. The molecule has 1 nitrogen and oxygen atoms in total. The van der Waals surface area contributed by atoms with E-state index in [1.54, 1.807) is 0 Å². The van der Waals surface area contributed by atoms with E-state index in [9.17, 15) is 0 Å². The van der Waals surface area contributed by atoms with Crippen LogP contribution in [0.1, 0.15) is 39.0 Å². The number of nitrogens with two attached hydrogens (primary N) is 1. The molecular weight excluding hydrogens is 190 g/mol. The summed E-state index contributed by atoms with van der Waals surface area (Å²) >= 11 is 2.07. The quantitative estimate of drug-likeness (QED) is 0.780. The summed E-state index contributed by atoms with van der Waals surface area (Å²) in [4.78, 5) is 0. The summed E-state index contributed by atoms with van der Waals surface area (Å²) in [6.07, 6.45) is 7.06. The van der Waals surface area contributed by atoms with Gasteiger partial charge in [0.05, 0.1) is 0 Å². The molecule has 0 spiro atoms. The molecule has 14 heavy (non-hydrogen) atoms. The van der Waals surface area contributed by atoms with E-state index in [1.807, 2.05) is 0 Å². The molecule has 0 aromatic heterocycles. The highest BCUT2D eigenvalue weighted by atomic mass is 32.2. The van der Waals surface area contributed by atoms with Crippen LogP contribution in [0.3, 0.4) is 0 Å². The second-order valence-electron chi connectivity index (χ2n) is 4.99. The number of hydrogen-bond donors (Lipinski definition) is 1. The van der Waals surface area contributed by atoms with E-state index in [0.29, 0.717) is 6.04 Å². The fraction of sp³-hybridized carbons (Fsp3) is 1.00. The van der Waals surface area contributed by atoms with E-state index < -0.39 is 0 Å². The Morgan fingerprint density at radius 2 is 2.00 bits per heavy atom. The lowest BCUT2D eigenvalue weighted by Gasteiger charge is -2.41. The smallest absolute Gasteiger partial charge is 0.0114 e. The van der Waals surface area contributed by atoms with E-state index >= 15 is 0 Å². The highest BCUT2D eigenvalue weighted by Gasteiger charge is 2.35. The molecule has 1 saturated heterocycles. The van der Waals surface area contributed by atoms with Crippen molar-refractivity contribution in [2.75, 3.05) is 11.5 Å². The third-order valence-corrected chi connectivity index (χ3v) is 5.52. The number of hydrogen-bond acceptors (Lipinski definition) is 2. The van der Waals surface area contributed by atoms with Gasteiger partial charge >= 0.3 is 0 Å². The lowest BCUT2D eigenvalue weighted by molar-refractivity contribution is 0.171. The molecule has 3 atom stereocenters. The number of rotatable bonds is 3. The molecular formula is C12H23NS. The molecule has 2 fully saturated rings. The van der Waals surface area contributed by atoms with Crippen LogP contribution in [0.2, 0.25) is 0 Å². The van der Waals surface area contributed by atoms with Crippen LogP contribution in [0, 0.1) is 17.8 Å². The Kier molecular flexibility index (Phi) is 3.78. The van der Waals surface area contributed by atoms with E-state index in [-0.39, 0.29) is 0 Å². The van der Waals surface area contributed by atoms with Crippen LogP contribution in [-0.4, -0.2) is 17.5 Å². The molecule has 0 bridgehead atoms. The van der Waals surface area contributed by atoms with Crippen LogP contribution in [0.5, 0.6) is 0 Å². The minimum Gasteiger partial charge on any atom is -0.327 e. The molecule has 0 amide bonds. The van der Waals surface area contributed by atoms with Crippen LogP contribution in [-0.2, 0) is 0 Å². The van der Waals surface area contributed by atoms with Crippen molar-refractivity contribution in [3.05, 3.63) is 0 Å². The second kappa shape index (κ2) is 4.89. The van der Waals surface area contributed by atoms with Crippen molar-refractivity contribution < 1.29 is 0 Å². The molecule has 82 valence electrons. The third-order valence-electron chi connectivity index (χ3n) is 4.19. The van der Waals surface area contributed by atoms with Gasteiger partial charge in [0.2, 0.25) is 0 Å². The molecule has 2 rings (SSSR count). The van der Waals surface area contributed by atoms with Crippen molar-refractivity contribution in [2.45, 2.75) is 45.1 Å². The largest absolute Gasteiger partial charge is 0.327 e. The minimum atomic E-state index is 0.515. The highest BCUT2D eigenvalue weighted by molar-refractivity contribution is 8.00. The highest BCUT2D eigenvalue weighted by Crippen LogP contribution is 2.39. The van der Waals surface area contributed by atoms with Gasteiger partial charge in [-0.25, -0.2) is 0 Å². The predicted molar refractivity (Wildman–Crippen MR) is 64.5 cm³/mol. The zero-order valence-corrected chi connectivity index (χ0v) is 10.1.